The predicted octanol–water partition coefficient (Wildman–Crippen LogP) is 1.45. The number of nitrogens with one attached hydrogen (secondary N) is 1. The lowest BCUT2D eigenvalue weighted by Crippen LogP contribution is -2.33. The van der Waals surface area contributed by atoms with Crippen molar-refractivity contribution in [2.24, 2.45) is 5.92 Å². The Morgan fingerprint density at radius 3 is 3.00 bits per heavy atom. The average molecular weight is 208 g/mol. The molecule has 1 aromatic rings. The molecule has 1 fully saturated rings. The van der Waals surface area contributed by atoms with E-state index in [-0.39, 0.29) is 0 Å². The first-order valence-corrected chi connectivity index (χ1v) is 5.97. The highest BCUT2D eigenvalue weighted by atomic mass is 15.4. The van der Waals surface area contributed by atoms with Crippen LogP contribution >= 0.6 is 0 Å². The normalized spacial score (nSPS) is 17.9. The van der Waals surface area contributed by atoms with Crippen LogP contribution < -0.4 is 5.32 Å². The van der Waals surface area contributed by atoms with E-state index in [0.29, 0.717) is 0 Å². The van der Waals surface area contributed by atoms with Crippen LogP contribution in [-0.4, -0.2) is 27.6 Å². The van der Waals surface area contributed by atoms with Crippen molar-refractivity contribution in [3.05, 3.63) is 12.4 Å². The van der Waals surface area contributed by atoms with E-state index >= 15 is 0 Å². The lowest BCUT2D eigenvalue weighted by atomic mass is 10.1. The summed E-state index contributed by atoms with van der Waals surface area (Å²) in [6.45, 7) is 4.19. The number of nitrogens with zero attached hydrogens (tertiary/aromatic N) is 3. The minimum Gasteiger partial charge on any atom is -0.312 e. The van der Waals surface area contributed by atoms with Crippen LogP contribution in [-0.2, 0) is 6.54 Å². The zero-order valence-corrected chi connectivity index (χ0v) is 9.39. The fraction of sp³-hybridized carbons (Fsp3) is 0.818. The zero-order valence-electron chi connectivity index (χ0n) is 9.39. The highest BCUT2D eigenvalue weighted by Crippen LogP contribution is 2.34. The smallest absolute Gasteiger partial charge is 0.0692 e. The van der Waals surface area contributed by atoms with Gasteiger partial charge in [0.2, 0.25) is 0 Å². The second kappa shape index (κ2) is 5.26. The highest BCUT2D eigenvalue weighted by molar-refractivity contribution is 4.85. The van der Waals surface area contributed by atoms with E-state index < -0.39 is 0 Å². The van der Waals surface area contributed by atoms with Crippen LogP contribution in [0.1, 0.15) is 32.6 Å². The van der Waals surface area contributed by atoms with E-state index in [1.165, 1.54) is 25.7 Å². The maximum atomic E-state index is 3.95. The van der Waals surface area contributed by atoms with Gasteiger partial charge in [-0.3, -0.25) is 4.68 Å². The van der Waals surface area contributed by atoms with Crippen molar-refractivity contribution in [1.82, 2.24) is 20.3 Å². The third-order valence-electron chi connectivity index (χ3n) is 3.01. The molecule has 1 aromatic heterocycles. The summed E-state index contributed by atoms with van der Waals surface area (Å²) in [5.41, 5.74) is 0. The van der Waals surface area contributed by atoms with Crippen LogP contribution in [0.25, 0.3) is 0 Å². The largest absolute Gasteiger partial charge is 0.312 e. The van der Waals surface area contributed by atoms with Crippen molar-refractivity contribution in [1.29, 1.82) is 0 Å². The number of rotatable bonds is 7. The molecular formula is C11H20N4. The van der Waals surface area contributed by atoms with Crippen LogP contribution in [0.5, 0.6) is 0 Å². The first-order chi connectivity index (χ1) is 7.40. The molecule has 84 valence electrons. The summed E-state index contributed by atoms with van der Waals surface area (Å²) in [4.78, 5) is 0. The van der Waals surface area contributed by atoms with Crippen LogP contribution in [0.15, 0.2) is 12.4 Å². The Balaban J connectivity index is 1.66. The molecule has 4 nitrogen and oxygen atoms in total. The summed E-state index contributed by atoms with van der Waals surface area (Å²) in [5.74, 6) is 0.945. The molecule has 15 heavy (non-hydrogen) atoms. The van der Waals surface area contributed by atoms with Gasteiger partial charge in [-0.2, -0.15) is 0 Å². The van der Waals surface area contributed by atoms with Crippen LogP contribution in [0.3, 0.4) is 0 Å². The first kappa shape index (κ1) is 10.6. The maximum absolute atomic E-state index is 3.95. The van der Waals surface area contributed by atoms with Crippen LogP contribution in [0, 0.1) is 5.92 Å². The van der Waals surface area contributed by atoms with Crippen LogP contribution in [0.2, 0.25) is 0 Å². The van der Waals surface area contributed by atoms with Gasteiger partial charge in [-0.15, -0.1) is 5.10 Å². The Hall–Kier alpha value is -0.900. The summed E-state index contributed by atoms with van der Waals surface area (Å²) >= 11 is 0. The molecule has 0 amide bonds. The summed E-state index contributed by atoms with van der Waals surface area (Å²) < 4.78 is 1.88. The Morgan fingerprint density at radius 2 is 2.40 bits per heavy atom. The number of aromatic nitrogens is 3. The lowest BCUT2D eigenvalue weighted by Gasteiger charge is -2.17. The topological polar surface area (TPSA) is 42.7 Å². The van der Waals surface area contributed by atoms with Crippen molar-refractivity contribution in [3.8, 4) is 0 Å². The summed E-state index contributed by atoms with van der Waals surface area (Å²) in [5, 5.41) is 11.4. The van der Waals surface area contributed by atoms with Crippen molar-refractivity contribution in [3.63, 3.8) is 0 Å². The van der Waals surface area contributed by atoms with Gasteiger partial charge in [0.05, 0.1) is 12.7 Å². The van der Waals surface area contributed by atoms with Crippen molar-refractivity contribution in [2.75, 3.05) is 6.54 Å². The molecular weight excluding hydrogens is 188 g/mol. The summed E-state index contributed by atoms with van der Waals surface area (Å²) in [7, 11) is 0. The average Bonchev–Trinajstić information content (AvgIpc) is 2.96. The van der Waals surface area contributed by atoms with Gasteiger partial charge in [-0.25, -0.2) is 0 Å². The molecule has 1 saturated carbocycles. The molecule has 1 aliphatic rings. The van der Waals surface area contributed by atoms with E-state index in [0.717, 1.165) is 25.0 Å². The van der Waals surface area contributed by atoms with Crippen LogP contribution in [0.4, 0.5) is 0 Å². The Kier molecular flexibility index (Phi) is 3.72. The van der Waals surface area contributed by atoms with E-state index in [1.807, 2.05) is 10.9 Å². The first-order valence-electron chi connectivity index (χ1n) is 5.97. The van der Waals surface area contributed by atoms with Gasteiger partial charge in [-0.1, -0.05) is 18.6 Å². The van der Waals surface area contributed by atoms with Gasteiger partial charge in [0.15, 0.2) is 0 Å². The van der Waals surface area contributed by atoms with Gasteiger partial charge < -0.3 is 5.32 Å². The SMILES string of the molecule is CCCC(NCCn1ccnn1)C1CC1. The predicted molar refractivity (Wildman–Crippen MR) is 59.4 cm³/mol. The van der Waals surface area contributed by atoms with E-state index in [2.05, 4.69) is 22.6 Å². The molecule has 0 saturated heterocycles. The molecule has 1 N–H and O–H groups in total. The van der Waals surface area contributed by atoms with E-state index in [4.69, 9.17) is 0 Å². The van der Waals surface area contributed by atoms with Gasteiger partial charge in [0.25, 0.3) is 0 Å². The third kappa shape index (κ3) is 3.30. The quantitative estimate of drug-likeness (QED) is 0.737. The number of hydrogen-bond donors (Lipinski definition) is 1. The molecule has 1 heterocycles. The lowest BCUT2D eigenvalue weighted by molar-refractivity contribution is 0.411. The molecule has 4 heteroatoms. The third-order valence-corrected chi connectivity index (χ3v) is 3.01. The van der Waals surface area contributed by atoms with Crippen molar-refractivity contribution >= 4 is 0 Å². The molecule has 0 aromatic carbocycles. The molecule has 0 radical (unpaired) electrons. The minimum absolute atomic E-state index is 0.735. The molecule has 1 atom stereocenters. The van der Waals surface area contributed by atoms with E-state index in [1.54, 1.807) is 6.20 Å². The van der Waals surface area contributed by atoms with Gasteiger partial charge in [-0.05, 0) is 25.2 Å². The standard InChI is InChI=1S/C11H20N4/c1-2-3-11(10-4-5-10)12-6-8-15-9-7-13-14-15/h7,9-12H,2-6,8H2,1H3. The van der Waals surface area contributed by atoms with Gasteiger partial charge in [0.1, 0.15) is 0 Å². The second-order valence-corrected chi connectivity index (χ2v) is 4.35. The molecule has 0 bridgehead atoms. The Morgan fingerprint density at radius 1 is 1.53 bits per heavy atom. The maximum Gasteiger partial charge on any atom is 0.0692 e. The fourth-order valence-corrected chi connectivity index (χ4v) is 2.03. The fourth-order valence-electron chi connectivity index (χ4n) is 2.03. The van der Waals surface area contributed by atoms with Crippen molar-refractivity contribution < 1.29 is 0 Å². The van der Waals surface area contributed by atoms with Gasteiger partial charge in [0, 0.05) is 18.8 Å². The Labute approximate surface area is 91.1 Å². The van der Waals surface area contributed by atoms with Gasteiger partial charge >= 0.3 is 0 Å². The van der Waals surface area contributed by atoms with Crippen molar-refractivity contribution in [2.45, 2.75) is 45.2 Å². The highest BCUT2D eigenvalue weighted by Gasteiger charge is 2.29. The molecule has 1 unspecified atom stereocenters. The van der Waals surface area contributed by atoms with E-state index in [9.17, 15) is 0 Å². The molecule has 2 rings (SSSR count). The Bertz CT molecular complexity index is 266. The second-order valence-electron chi connectivity index (χ2n) is 4.35. The zero-order chi connectivity index (χ0) is 10.5. The number of hydrogen-bond acceptors (Lipinski definition) is 3. The monoisotopic (exact) mass is 208 g/mol. The molecule has 1 aliphatic carbocycles. The summed E-state index contributed by atoms with van der Waals surface area (Å²) in [6, 6.07) is 0.735. The molecule has 0 spiro atoms. The molecule has 0 aliphatic heterocycles. The minimum atomic E-state index is 0.735. The summed E-state index contributed by atoms with van der Waals surface area (Å²) in [6.07, 6.45) is 9.06.